The first-order valence-electron chi connectivity index (χ1n) is 8.11. The van der Waals surface area contributed by atoms with Crippen LogP contribution in [0.2, 0.25) is 0 Å². The lowest BCUT2D eigenvalue weighted by Crippen LogP contribution is -2.26. The van der Waals surface area contributed by atoms with E-state index >= 15 is 0 Å². The predicted molar refractivity (Wildman–Crippen MR) is 98.8 cm³/mol. The second-order valence-electron chi connectivity index (χ2n) is 5.84. The molecule has 0 saturated carbocycles. The molecule has 2 aromatic carbocycles. The van der Waals surface area contributed by atoms with E-state index in [4.69, 9.17) is 9.26 Å². The summed E-state index contributed by atoms with van der Waals surface area (Å²) in [6.07, 6.45) is 0. The highest BCUT2D eigenvalue weighted by Crippen LogP contribution is 2.22. The lowest BCUT2D eigenvalue weighted by Gasteiger charge is -2.19. The number of benzene rings is 2. The Hall–Kier alpha value is -3.13. The molecule has 1 heterocycles. The van der Waals surface area contributed by atoms with Gasteiger partial charge in [0.2, 0.25) is 0 Å². The average molecular weight is 386 g/mol. The minimum absolute atomic E-state index is 0.0452. The van der Waals surface area contributed by atoms with Gasteiger partial charge in [0, 0.05) is 13.1 Å². The fourth-order valence-corrected chi connectivity index (χ4v) is 3.60. The Labute approximate surface area is 157 Å². The molecular weight excluding hydrogens is 368 g/mol. The zero-order valence-electron chi connectivity index (χ0n) is 14.8. The molecule has 1 aromatic heterocycles. The van der Waals surface area contributed by atoms with Gasteiger partial charge in [0.1, 0.15) is 0 Å². The number of sulfonamides is 1. The molecule has 0 radical (unpaired) electrons. The van der Waals surface area contributed by atoms with Crippen molar-refractivity contribution in [3.8, 4) is 0 Å². The van der Waals surface area contributed by atoms with Crippen molar-refractivity contribution in [2.45, 2.75) is 18.4 Å². The molecule has 0 amide bonds. The first kappa shape index (κ1) is 18.7. The second kappa shape index (κ2) is 7.63. The SMILES string of the molecule is Cc1cc(COC(=O)c2ccc(S(=O)(=O)N(C)c3ccccc3)cc2)on1. The minimum Gasteiger partial charge on any atom is -0.454 e. The van der Waals surface area contributed by atoms with Crippen LogP contribution in [0.5, 0.6) is 0 Å². The van der Waals surface area contributed by atoms with Gasteiger partial charge in [-0.1, -0.05) is 23.4 Å². The number of hydrogen-bond donors (Lipinski definition) is 0. The van der Waals surface area contributed by atoms with Crippen LogP contribution in [0.3, 0.4) is 0 Å². The summed E-state index contributed by atoms with van der Waals surface area (Å²) >= 11 is 0. The summed E-state index contributed by atoms with van der Waals surface area (Å²) in [6, 6.07) is 16.0. The summed E-state index contributed by atoms with van der Waals surface area (Å²) in [6.45, 7) is 1.72. The number of rotatable bonds is 6. The van der Waals surface area contributed by atoms with E-state index in [0.717, 1.165) is 0 Å². The summed E-state index contributed by atoms with van der Waals surface area (Å²) in [7, 11) is -2.25. The molecule has 3 rings (SSSR count). The molecule has 0 N–H and O–H groups in total. The zero-order valence-corrected chi connectivity index (χ0v) is 15.6. The third-order valence-corrected chi connectivity index (χ3v) is 5.69. The van der Waals surface area contributed by atoms with Crippen LogP contribution in [0.25, 0.3) is 0 Å². The Morgan fingerprint density at radius 2 is 1.78 bits per heavy atom. The Morgan fingerprint density at radius 3 is 2.37 bits per heavy atom. The third-order valence-electron chi connectivity index (χ3n) is 3.89. The van der Waals surface area contributed by atoms with Crippen molar-refractivity contribution in [3.63, 3.8) is 0 Å². The lowest BCUT2D eigenvalue weighted by molar-refractivity contribution is 0.0437. The minimum atomic E-state index is -3.73. The van der Waals surface area contributed by atoms with Gasteiger partial charge in [-0.25, -0.2) is 13.2 Å². The van der Waals surface area contributed by atoms with E-state index in [1.165, 1.54) is 35.6 Å². The van der Waals surface area contributed by atoms with Crippen molar-refractivity contribution in [2.75, 3.05) is 11.4 Å². The van der Waals surface area contributed by atoms with Crippen molar-refractivity contribution in [3.05, 3.63) is 77.7 Å². The third kappa shape index (κ3) is 4.17. The highest BCUT2D eigenvalue weighted by molar-refractivity contribution is 7.92. The fraction of sp³-hybridized carbons (Fsp3) is 0.158. The van der Waals surface area contributed by atoms with E-state index in [9.17, 15) is 13.2 Å². The number of hydrogen-bond acceptors (Lipinski definition) is 6. The van der Waals surface area contributed by atoms with Gasteiger partial charge in [0.15, 0.2) is 12.4 Å². The van der Waals surface area contributed by atoms with Crippen molar-refractivity contribution in [1.29, 1.82) is 0 Å². The number of esters is 1. The summed E-state index contributed by atoms with van der Waals surface area (Å²) in [5.41, 5.74) is 1.48. The van der Waals surface area contributed by atoms with Crippen LogP contribution in [-0.4, -0.2) is 26.6 Å². The number of carbonyl (C=O) groups excluding carboxylic acids is 1. The lowest BCUT2D eigenvalue weighted by atomic mass is 10.2. The second-order valence-corrected chi connectivity index (χ2v) is 7.81. The van der Waals surface area contributed by atoms with Gasteiger partial charge in [0.25, 0.3) is 10.0 Å². The predicted octanol–water partition coefficient (Wildman–Crippen LogP) is 3.17. The van der Waals surface area contributed by atoms with Crippen LogP contribution < -0.4 is 4.31 Å². The normalized spacial score (nSPS) is 11.2. The van der Waals surface area contributed by atoms with Crippen LogP contribution in [0, 0.1) is 6.92 Å². The molecule has 140 valence electrons. The molecule has 0 aliphatic carbocycles. The monoisotopic (exact) mass is 386 g/mol. The average Bonchev–Trinajstić information content (AvgIpc) is 3.11. The summed E-state index contributed by atoms with van der Waals surface area (Å²) in [5.74, 6) is -0.144. The van der Waals surface area contributed by atoms with Crippen LogP contribution >= 0.6 is 0 Å². The number of aryl methyl sites for hydroxylation is 1. The van der Waals surface area contributed by atoms with E-state index in [-0.39, 0.29) is 17.1 Å². The topological polar surface area (TPSA) is 89.7 Å². The first-order chi connectivity index (χ1) is 12.9. The number of carbonyl (C=O) groups is 1. The maximum Gasteiger partial charge on any atom is 0.338 e. The highest BCUT2D eigenvalue weighted by atomic mass is 32.2. The van der Waals surface area contributed by atoms with Gasteiger partial charge >= 0.3 is 5.97 Å². The van der Waals surface area contributed by atoms with Gasteiger partial charge in [0.05, 0.1) is 21.8 Å². The van der Waals surface area contributed by atoms with Crippen LogP contribution in [-0.2, 0) is 21.4 Å². The molecule has 0 spiro atoms. The van der Waals surface area contributed by atoms with Crippen LogP contribution in [0.15, 0.2) is 70.1 Å². The Kier molecular flexibility index (Phi) is 5.27. The molecule has 8 heteroatoms. The number of aromatic nitrogens is 1. The maximum atomic E-state index is 12.7. The molecule has 0 atom stereocenters. The smallest absolute Gasteiger partial charge is 0.338 e. The number of nitrogens with zero attached hydrogens (tertiary/aromatic N) is 2. The molecular formula is C19H18N2O5S. The van der Waals surface area contributed by atoms with E-state index in [1.54, 1.807) is 37.3 Å². The summed E-state index contributed by atoms with van der Waals surface area (Å²) < 4.78 is 36.7. The Morgan fingerprint density at radius 1 is 1.11 bits per heavy atom. The number of ether oxygens (including phenoxy) is 1. The molecule has 0 saturated heterocycles. The van der Waals surface area contributed by atoms with Gasteiger partial charge < -0.3 is 9.26 Å². The maximum absolute atomic E-state index is 12.7. The molecule has 7 nitrogen and oxygen atoms in total. The molecule has 0 fully saturated rings. The van der Waals surface area contributed by atoms with Crippen molar-refractivity contribution >= 4 is 21.7 Å². The van der Waals surface area contributed by atoms with E-state index in [1.807, 2.05) is 6.07 Å². The molecule has 0 unspecified atom stereocenters. The van der Waals surface area contributed by atoms with Crippen LogP contribution in [0.1, 0.15) is 21.8 Å². The summed E-state index contributed by atoms with van der Waals surface area (Å²) in [5, 5.41) is 3.71. The van der Waals surface area contributed by atoms with Crippen LogP contribution in [0.4, 0.5) is 5.69 Å². The van der Waals surface area contributed by atoms with E-state index in [0.29, 0.717) is 17.1 Å². The fourth-order valence-electron chi connectivity index (χ4n) is 2.40. The molecule has 0 bridgehead atoms. The quantitative estimate of drug-likeness (QED) is 0.605. The zero-order chi connectivity index (χ0) is 19.4. The molecule has 27 heavy (non-hydrogen) atoms. The van der Waals surface area contributed by atoms with Gasteiger partial charge in [-0.15, -0.1) is 0 Å². The first-order valence-corrected chi connectivity index (χ1v) is 9.55. The Bertz CT molecular complexity index is 1030. The number of para-hydroxylation sites is 1. The van der Waals surface area contributed by atoms with Crippen molar-refractivity contribution < 1.29 is 22.5 Å². The standard InChI is InChI=1S/C19H18N2O5S/c1-14-12-17(26-20-14)13-25-19(22)15-8-10-18(11-9-15)27(23,24)21(2)16-6-4-3-5-7-16/h3-12H,13H2,1-2H3. The molecule has 0 aliphatic rings. The van der Waals surface area contributed by atoms with Gasteiger partial charge in [-0.3, -0.25) is 4.31 Å². The van der Waals surface area contributed by atoms with Gasteiger partial charge in [-0.05, 0) is 43.3 Å². The molecule has 0 aliphatic heterocycles. The van der Waals surface area contributed by atoms with E-state index in [2.05, 4.69) is 5.16 Å². The molecule has 3 aromatic rings. The van der Waals surface area contributed by atoms with Crippen molar-refractivity contribution in [2.24, 2.45) is 0 Å². The van der Waals surface area contributed by atoms with Gasteiger partial charge in [-0.2, -0.15) is 0 Å². The van der Waals surface area contributed by atoms with Crippen molar-refractivity contribution in [1.82, 2.24) is 5.16 Å². The number of anilines is 1. The highest BCUT2D eigenvalue weighted by Gasteiger charge is 2.21. The Balaban J connectivity index is 1.71. The van der Waals surface area contributed by atoms with E-state index < -0.39 is 16.0 Å². The summed E-state index contributed by atoms with van der Waals surface area (Å²) in [4.78, 5) is 12.2. The largest absolute Gasteiger partial charge is 0.454 e.